The van der Waals surface area contributed by atoms with Crippen LogP contribution in [0.2, 0.25) is 0 Å². The van der Waals surface area contributed by atoms with Crippen LogP contribution in [0.4, 0.5) is 74.6 Å². The van der Waals surface area contributed by atoms with Gasteiger partial charge in [-0.25, -0.2) is 0 Å². The van der Waals surface area contributed by atoms with E-state index in [9.17, 15) is 83.1 Å². The number of hydrogen-bond donors (Lipinski definition) is 0. The van der Waals surface area contributed by atoms with E-state index in [1.807, 2.05) is 0 Å². The SMILES string of the molecule is Cc1ccc(I(OS(=O)(=O)C(F)(F)C(F)(F)C(F)(F)C(F)(F)C(F)(F)C(F)(F)C(F)(F)C(F)(F)F)c2ccc(C)cc2)cc1. The molecule has 0 saturated heterocycles. The van der Waals surface area contributed by atoms with Gasteiger partial charge >= 0.3 is 244 Å². The molecule has 0 radical (unpaired) electrons. The molecule has 0 saturated carbocycles. The molecule has 0 heterocycles. The molecule has 3 nitrogen and oxygen atoms in total. The Kier molecular flexibility index (Phi) is 9.78. The standard InChI is InChI=1S/C22H14F17IO3S/c1-11-3-7-13(8-4-11)40(14-9-5-12(2)6-10-14)43-44(41,42)22(38,39)20(33,34)18(29,30)16(25,26)15(23,24)17(27,28)19(31,32)21(35,36)37/h3-10H,1-2H3. The van der Waals surface area contributed by atoms with Gasteiger partial charge < -0.3 is 0 Å². The van der Waals surface area contributed by atoms with Crippen molar-refractivity contribution < 1.29 is 85.6 Å². The van der Waals surface area contributed by atoms with Crippen molar-refractivity contribution in [1.82, 2.24) is 0 Å². The van der Waals surface area contributed by atoms with Crippen LogP contribution in [-0.4, -0.2) is 55.4 Å². The predicted octanol–water partition coefficient (Wildman–Crippen LogP) is 9.08. The molecular formula is C22H14F17IO3S. The van der Waals surface area contributed by atoms with E-state index in [1.165, 1.54) is 38.1 Å². The fraction of sp³-hybridized carbons (Fsp3) is 0.455. The van der Waals surface area contributed by atoms with Crippen LogP contribution in [-0.2, 0) is 12.6 Å². The topological polar surface area (TPSA) is 43.4 Å². The number of benzene rings is 2. The molecule has 0 aliphatic heterocycles. The molecule has 0 N–H and O–H groups in total. The molecule has 2 aromatic rings. The molecule has 22 heteroatoms. The summed E-state index contributed by atoms with van der Waals surface area (Å²) < 4.78 is 259. The second kappa shape index (κ2) is 11.3. The van der Waals surface area contributed by atoms with Crippen molar-refractivity contribution in [2.75, 3.05) is 0 Å². The first-order valence-corrected chi connectivity index (χ1v) is 15.3. The molecule has 0 atom stereocenters. The van der Waals surface area contributed by atoms with Crippen molar-refractivity contribution in [2.45, 2.75) is 60.8 Å². The molecule has 0 aliphatic rings. The van der Waals surface area contributed by atoms with Gasteiger partial charge in [0.25, 0.3) is 0 Å². The Morgan fingerprint density at radius 2 is 0.750 bits per heavy atom. The fourth-order valence-corrected chi connectivity index (χ4v) is 9.84. The number of hydrogen-bond acceptors (Lipinski definition) is 3. The Morgan fingerprint density at radius 3 is 1.05 bits per heavy atom. The van der Waals surface area contributed by atoms with Crippen molar-refractivity contribution in [1.29, 1.82) is 0 Å². The number of aryl methyl sites for hydroxylation is 2. The van der Waals surface area contributed by atoms with Gasteiger partial charge in [0.2, 0.25) is 0 Å². The van der Waals surface area contributed by atoms with Gasteiger partial charge in [0, 0.05) is 0 Å². The summed E-state index contributed by atoms with van der Waals surface area (Å²) in [5.41, 5.74) is 0.868. The fourth-order valence-electron chi connectivity index (χ4n) is 2.92. The minimum absolute atomic E-state index is 0.344. The van der Waals surface area contributed by atoms with Gasteiger partial charge in [-0.2, -0.15) is 0 Å². The third-order valence-corrected chi connectivity index (χ3v) is 12.9. The van der Waals surface area contributed by atoms with E-state index in [0.717, 1.165) is 24.3 Å². The average molecular weight is 808 g/mol. The van der Waals surface area contributed by atoms with Crippen LogP contribution >= 0.6 is 20.2 Å². The van der Waals surface area contributed by atoms with Crippen LogP contribution in [0, 0.1) is 21.0 Å². The summed E-state index contributed by atoms with van der Waals surface area (Å²) in [6.07, 6.45) is -7.90. The maximum atomic E-state index is 14.6. The van der Waals surface area contributed by atoms with Crippen LogP contribution < -0.4 is 0 Å². The van der Waals surface area contributed by atoms with Crippen LogP contribution in [0.15, 0.2) is 48.5 Å². The molecule has 2 aromatic carbocycles. The van der Waals surface area contributed by atoms with Crippen molar-refractivity contribution in [3.8, 4) is 0 Å². The van der Waals surface area contributed by atoms with Gasteiger partial charge in [0.1, 0.15) is 0 Å². The zero-order valence-corrected chi connectivity index (χ0v) is 24.0. The molecule has 0 fully saturated rings. The second-order valence-electron chi connectivity index (χ2n) is 8.82. The minimum atomic E-state index is -8.91. The van der Waals surface area contributed by atoms with E-state index in [2.05, 4.69) is 2.51 Å². The summed E-state index contributed by atoms with van der Waals surface area (Å²) in [7, 11) is -7.70. The third kappa shape index (κ3) is 5.70. The van der Waals surface area contributed by atoms with E-state index in [0.29, 0.717) is 11.1 Å². The maximum absolute atomic E-state index is 14.6. The van der Waals surface area contributed by atoms with Gasteiger partial charge in [-0.05, 0) is 0 Å². The molecule has 2 rings (SSSR count). The molecule has 0 amide bonds. The van der Waals surface area contributed by atoms with Crippen LogP contribution in [0.1, 0.15) is 11.1 Å². The van der Waals surface area contributed by atoms with Crippen LogP contribution in [0.3, 0.4) is 0 Å². The molecule has 0 aliphatic carbocycles. The summed E-state index contributed by atoms with van der Waals surface area (Å²) in [5, 5.41) is -7.74. The normalized spacial score (nSPS) is 15.4. The second-order valence-corrected chi connectivity index (χ2v) is 15.4. The number of halogens is 18. The quantitative estimate of drug-likeness (QED) is 0.168. The van der Waals surface area contributed by atoms with Gasteiger partial charge in [0.05, 0.1) is 0 Å². The van der Waals surface area contributed by atoms with Crippen LogP contribution in [0.5, 0.6) is 0 Å². The van der Waals surface area contributed by atoms with Crippen molar-refractivity contribution >= 4 is 30.4 Å². The first kappa shape index (κ1) is 38.1. The average Bonchev–Trinajstić information content (AvgIpc) is 2.87. The first-order chi connectivity index (χ1) is 19.3. The first-order valence-electron chi connectivity index (χ1n) is 10.8. The Bertz CT molecular complexity index is 1390. The van der Waals surface area contributed by atoms with Crippen molar-refractivity contribution in [2.24, 2.45) is 0 Å². The Balaban J connectivity index is 2.69. The molecular weight excluding hydrogens is 794 g/mol. The van der Waals surface area contributed by atoms with E-state index in [4.69, 9.17) is 0 Å². The van der Waals surface area contributed by atoms with Gasteiger partial charge in [0.15, 0.2) is 0 Å². The van der Waals surface area contributed by atoms with E-state index < -0.39 is 77.3 Å². The van der Waals surface area contributed by atoms with Crippen molar-refractivity contribution in [3.63, 3.8) is 0 Å². The number of alkyl halides is 17. The predicted molar refractivity (Wildman–Crippen MR) is 124 cm³/mol. The zero-order valence-electron chi connectivity index (χ0n) is 21.1. The summed E-state index contributed by atoms with van der Waals surface area (Å²) in [4.78, 5) is 0. The summed E-state index contributed by atoms with van der Waals surface area (Å²) in [6.45, 7) is 2.90. The Morgan fingerprint density at radius 1 is 0.477 bits per heavy atom. The molecule has 0 unspecified atom stereocenters. The Labute approximate surface area is 243 Å². The van der Waals surface area contributed by atoms with Gasteiger partial charge in [-0.1, -0.05) is 0 Å². The Hall–Kier alpha value is -2.11. The van der Waals surface area contributed by atoms with Gasteiger partial charge in [-0.15, -0.1) is 0 Å². The van der Waals surface area contributed by atoms with E-state index in [1.54, 1.807) is 0 Å². The third-order valence-electron chi connectivity index (χ3n) is 5.57. The molecule has 44 heavy (non-hydrogen) atoms. The molecule has 0 spiro atoms. The zero-order chi connectivity index (χ0) is 34.8. The molecule has 252 valence electrons. The number of rotatable bonds is 11. The molecule has 0 aromatic heterocycles. The monoisotopic (exact) mass is 808 g/mol. The summed E-state index contributed by atoms with van der Waals surface area (Å²) >= 11 is -4.55. The van der Waals surface area contributed by atoms with Crippen LogP contribution in [0.25, 0.3) is 0 Å². The molecule has 0 bridgehead atoms. The van der Waals surface area contributed by atoms with Gasteiger partial charge in [-0.3, -0.25) is 0 Å². The van der Waals surface area contributed by atoms with E-state index >= 15 is 0 Å². The summed E-state index contributed by atoms with van der Waals surface area (Å²) in [6, 6.07) is 8.79. The van der Waals surface area contributed by atoms with Crippen molar-refractivity contribution in [3.05, 3.63) is 66.8 Å². The van der Waals surface area contributed by atoms with E-state index in [-0.39, 0.29) is 7.14 Å². The summed E-state index contributed by atoms with van der Waals surface area (Å²) in [5.74, 6) is -52.0.